The number of nitrogens with one attached hydrogen (secondary N) is 1. The number of methoxy groups -OCH3 is 1. The van der Waals surface area contributed by atoms with E-state index in [-0.39, 0.29) is 18.3 Å². The molecule has 0 bridgehead atoms. The van der Waals surface area contributed by atoms with Gasteiger partial charge in [-0.1, -0.05) is 0 Å². The molecule has 9 heteroatoms. The number of hydrogen-bond donors (Lipinski definition) is 1. The van der Waals surface area contributed by atoms with Crippen LogP contribution >= 0.6 is 11.3 Å². The number of anilines is 1. The molecule has 1 aromatic carbocycles. The second-order valence-electron chi connectivity index (χ2n) is 5.70. The van der Waals surface area contributed by atoms with E-state index < -0.39 is 0 Å². The lowest BCUT2D eigenvalue weighted by atomic mass is 10.1. The molecule has 1 amide bonds. The lowest BCUT2D eigenvalue weighted by molar-refractivity contribution is -0.142. The first kappa shape index (κ1) is 19.7. The van der Waals surface area contributed by atoms with E-state index in [4.69, 9.17) is 18.9 Å². The number of ether oxygens (including phenoxy) is 4. The van der Waals surface area contributed by atoms with Gasteiger partial charge in [0.2, 0.25) is 11.7 Å². The number of benzene rings is 1. The molecule has 28 heavy (non-hydrogen) atoms. The van der Waals surface area contributed by atoms with Crippen molar-refractivity contribution in [3.8, 4) is 17.2 Å². The number of thiazole rings is 1. The zero-order valence-corrected chi connectivity index (χ0v) is 16.3. The first-order valence-corrected chi connectivity index (χ1v) is 9.53. The molecule has 0 fully saturated rings. The predicted octanol–water partition coefficient (Wildman–Crippen LogP) is 2.68. The van der Waals surface area contributed by atoms with Crippen molar-refractivity contribution in [2.24, 2.45) is 0 Å². The van der Waals surface area contributed by atoms with Crippen LogP contribution in [-0.2, 0) is 20.7 Å². The molecule has 2 aromatic rings. The summed E-state index contributed by atoms with van der Waals surface area (Å²) in [6, 6.07) is 3.54. The Balaban J connectivity index is 1.63. The van der Waals surface area contributed by atoms with Crippen LogP contribution in [-0.4, -0.2) is 43.8 Å². The number of carbonyl (C=O) groups is 2. The third kappa shape index (κ3) is 5.01. The Morgan fingerprint density at radius 2 is 2.14 bits per heavy atom. The Hall–Kier alpha value is -3.07. The van der Waals surface area contributed by atoms with Crippen molar-refractivity contribution in [3.05, 3.63) is 34.8 Å². The Morgan fingerprint density at radius 3 is 2.93 bits per heavy atom. The molecule has 0 unspecified atom stereocenters. The molecule has 0 spiro atoms. The van der Waals surface area contributed by atoms with Crippen molar-refractivity contribution < 1.29 is 28.5 Å². The molecule has 1 aliphatic heterocycles. The summed E-state index contributed by atoms with van der Waals surface area (Å²) in [5.74, 6) is 0.992. The standard InChI is InChI=1S/C19H20N2O6S/c1-3-25-17(23)10-13-11-28-19(20-13)21-16(22)5-4-12-8-14(24-2)18-15(9-12)26-6-7-27-18/h4-5,8-9,11H,3,6-7,10H2,1-2H3,(H,20,21,22)/b5-4+. The minimum Gasteiger partial charge on any atom is -0.493 e. The highest BCUT2D eigenvalue weighted by Crippen LogP contribution is 2.40. The monoisotopic (exact) mass is 404 g/mol. The van der Waals surface area contributed by atoms with Gasteiger partial charge >= 0.3 is 5.97 Å². The quantitative estimate of drug-likeness (QED) is 0.560. The Bertz CT molecular complexity index is 875. The van der Waals surface area contributed by atoms with Crippen LogP contribution in [0, 0.1) is 0 Å². The number of fused-ring (bicyclic) bond motifs is 1. The van der Waals surface area contributed by atoms with E-state index in [2.05, 4.69) is 10.3 Å². The van der Waals surface area contributed by atoms with Gasteiger partial charge in [0.25, 0.3) is 0 Å². The van der Waals surface area contributed by atoms with Crippen molar-refractivity contribution in [3.63, 3.8) is 0 Å². The first-order chi connectivity index (χ1) is 13.6. The zero-order chi connectivity index (χ0) is 19.9. The molecule has 8 nitrogen and oxygen atoms in total. The molecule has 1 aliphatic rings. The summed E-state index contributed by atoms with van der Waals surface area (Å²) in [5.41, 5.74) is 1.29. The summed E-state index contributed by atoms with van der Waals surface area (Å²) in [6.45, 7) is 2.99. The van der Waals surface area contributed by atoms with Crippen molar-refractivity contribution in [1.29, 1.82) is 0 Å². The molecule has 0 atom stereocenters. The van der Waals surface area contributed by atoms with Gasteiger partial charge in [-0.15, -0.1) is 11.3 Å². The van der Waals surface area contributed by atoms with Gasteiger partial charge in [-0.2, -0.15) is 0 Å². The van der Waals surface area contributed by atoms with Crippen LogP contribution in [0.25, 0.3) is 6.08 Å². The summed E-state index contributed by atoms with van der Waals surface area (Å²) in [4.78, 5) is 27.8. The van der Waals surface area contributed by atoms with E-state index in [9.17, 15) is 9.59 Å². The van der Waals surface area contributed by atoms with E-state index in [0.717, 1.165) is 5.56 Å². The molecule has 3 rings (SSSR count). The van der Waals surface area contributed by atoms with Gasteiger partial charge in [0.15, 0.2) is 16.6 Å². The average Bonchev–Trinajstić information content (AvgIpc) is 3.12. The summed E-state index contributed by atoms with van der Waals surface area (Å²) < 4.78 is 21.3. The van der Waals surface area contributed by atoms with Crippen molar-refractivity contribution in [2.75, 3.05) is 32.2 Å². The van der Waals surface area contributed by atoms with E-state index in [1.807, 2.05) is 0 Å². The zero-order valence-electron chi connectivity index (χ0n) is 15.5. The fourth-order valence-corrected chi connectivity index (χ4v) is 3.23. The van der Waals surface area contributed by atoms with Crippen molar-refractivity contribution >= 4 is 34.4 Å². The highest BCUT2D eigenvalue weighted by Gasteiger charge is 2.18. The molecule has 1 N–H and O–H groups in total. The number of amides is 1. The number of carbonyl (C=O) groups excluding carboxylic acids is 2. The third-order valence-electron chi connectivity index (χ3n) is 3.69. The largest absolute Gasteiger partial charge is 0.493 e. The minimum atomic E-state index is -0.349. The fraction of sp³-hybridized carbons (Fsp3) is 0.316. The van der Waals surface area contributed by atoms with Crippen molar-refractivity contribution in [2.45, 2.75) is 13.3 Å². The SMILES string of the molecule is CCOC(=O)Cc1csc(NC(=O)/C=C/c2cc(OC)c3c(c2)OCCO3)n1. The maximum Gasteiger partial charge on any atom is 0.311 e. The first-order valence-electron chi connectivity index (χ1n) is 8.65. The summed E-state index contributed by atoms with van der Waals surface area (Å²) in [6.07, 6.45) is 3.10. The van der Waals surface area contributed by atoms with Crippen LogP contribution in [0.4, 0.5) is 5.13 Å². The van der Waals surface area contributed by atoms with Crippen LogP contribution in [0.1, 0.15) is 18.2 Å². The van der Waals surface area contributed by atoms with Gasteiger partial charge in [-0.3, -0.25) is 14.9 Å². The fourth-order valence-electron chi connectivity index (χ4n) is 2.51. The molecule has 0 saturated heterocycles. The molecule has 0 radical (unpaired) electrons. The molecular formula is C19H20N2O6S. The molecule has 1 aromatic heterocycles. The van der Waals surface area contributed by atoms with Crippen LogP contribution in [0.5, 0.6) is 17.2 Å². The average molecular weight is 404 g/mol. The van der Waals surface area contributed by atoms with Gasteiger partial charge in [0, 0.05) is 11.5 Å². The van der Waals surface area contributed by atoms with Crippen molar-refractivity contribution in [1.82, 2.24) is 4.98 Å². The number of esters is 1. The smallest absolute Gasteiger partial charge is 0.311 e. The maximum atomic E-state index is 12.2. The van der Waals surface area contributed by atoms with Crippen LogP contribution in [0.3, 0.4) is 0 Å². The van der Waals surface area contributed by atoms with E-state index in [1.54, 1.807) is 37.6 Å². The van der Waals surface area contributed by atoms with E-state index in [1.165, 1.54) is 17.4 Å². The molecule has 0 saturated carbocycles. The van der Waals surface area contributed by atoms with Gasteiger partial charge in [-0.25, -0.2) is 4.98 Å². The lowest BCUT2D eigenvalue weighted by Crippen LogP contribution is -2.16. The van der Waals surface area contributed by atoms with Gasteiger partial charge in [-0.05, 0) is 30.7 Å². The number of nitrogens with zero attached hydrogens (tertiary/aromatic N) is 1. The molecule has 0 aliphatic carbocycles. The highest BCUT2D eigenvalue weighted by atomic mass is 32.1. The summed E-state index contributed by atoms with van der Waals surface area (Å²) in [5, 5.41) is 4.79. The Kier molecular flexibility index (Phi) is 6.49. The Morgan fingerprint density at radius 1 is 1.32 bits per heavy atom. The van der Waals surface area contributed by atoms with Gasteiger partial charge < -0.3 is 18.9 Å². The lowest BCUT2D eigenvalue weighted by Gasteiger charge is -2.20. The summed E-state index contributed by atoms with van der Waals surface area (Å²) >= 11 is 1.24. The van der Waals surface area contributed by atoms with Gasteiger partial charge in [0.1, 0.15) is 13.2 Å². The number of aromatic nitrogens is 1. The number of rotatable bonds is 7. The second-order valence-corrected chi connectivity index (χ2v) is 6.55. The second kappa shape index (κ2) is 9.23. The highest BCUT2D eigenvalue weighted by molar-refractivity contribution is 7.14. The normalized spacial score (nSPS) is 12.6. The van der Waals surface area contributed by atoms with Crippen LogP contribution in [0.15, 0.2) is 23.6 Å². The predicted molar refractivity (Wildman–Crippen MR) is 104 cm³/mol. The molecule has 2 heterocycles. The van der Waals surface area contributed by atoms with E-state index >= 15 is 0 Å². The molecular weight excluding hydrogens is 384 g/mol. The number of hydrogen-bond acceptors (Lipinski definition) is 8. The minimum absolute atomic E-state index is 0.0764. The van der Waals surface area contributed by atoms with Gasteiger partial charge in [0.05, 0.1) is 25.8 Å². The van der Waals surface area contributed by atoms with E-state index in [0.29, 0.717) is 47.9 Å². The summed E-state index contributed by atoms with van der Waals surface area (Å²) in [7, 11) is 1.55. The van der Waals surface area contributed by atoms with Crippen LogP contribution in [0.2, 0.25) is 0 Å². The Labute approximate surface area is 166 Å². The van der Waals surface area contributed by atoms with Crippen LogP contribution < -0.4 is 19.5 Å². The topological polar surface area (TPSA) is 96.0 Å². The maximum absolute atomic E-state index is 12.2. The third-order valence-corrected chi connectivity index (χ3v) is 4.50. The molecule has 148 valence electrons.